The number of halogens is 2. The summed E-state index contributed by atoms with van der Waals surface area (Å²) in [4.78, 5) is 11.5. The molecule has 0 saturated carbocycles. The summed E-state index contributed by atoms with van der Waals surface area (Å²) in [6.45, 7) is -0.145. The Kier molecular flexibility index (Phi) is 5.42. The third-order valence-corrected chi connectivity index (χ3v) is 2.96. The highest BCUT2D eigenvalue weighted by Crippen LogP contribution is 2.16. The van der Waals surface area contributed by atoms with Gasteiger partial charge >= 0.3 is 0 Å². The smallest absolute Gasteiger partial charge is 0.277 e. The van der Waals surface area contributed by atoms with Crippen LogP contribution in [0.5, 0.6) is 5.75 Å². The average Bonchev–Trinajstić information content (AvgIpc) is 2.82. The molecule has 0 spiro atoms. The second-order valence-corrected chi connectivity index (χ2v) is 5.18. The van der Waals surface area contributed by atoms with Crippen molar-refractivity contribution in [3.05, 3.63) is 50.9 Å². The number of carbonyl (C=O) groups is 1. The predicted octanol–water partition coefficient (Wildman–Crippen LogP) is 3.07. The molecule has 20 heavy (non-hydrogen) atoms. The fourth-order valence-electron chi connectivity index (χ4n) is 1.30. The zero-order valence-electron chi connectivity index (χ0n) is 10.2. The molecule has 0 fully saturated rings. The van der Waals surface area contributed by atoms with E-state index in [4.69, 9.17) is 20.8 Å². The Labute approximate surface area is 134 Å². The largest absolute Gasteiger partial charge is 0.484 e. The van der Waals surface area contributed by atoms with Crippen LogP contribution in [0.2, 0.25) is 5.02 Å². The lowest BCUT2D eigenvalue weighted by Gasteiger charge is -2.04. The number of amides is 1. The van der Waals surface area contributed by atoms with Gasteiger partial charge in [-0.3, -0.25) is 4.79 Å². The zero-order chi connectivity index (χ0) is 14.4. The summed E-state index contributed by atoms with van der Waals surface area (Å²) in [5, 5.41) is 4.31. The molecule has 1 heterocycles. The van der Waals surface area contributed by atoms with Gasteiger partial charge in [-0.25, -0.2) is 5.43 Å². The molecule has 0 radical (unpaired) electrons. The number of benzene rings is 1. The van der Waals surface area contributed by atoms with Gasteiger partial charge in [0.25, 0.3) is 5.91 Å². The Balaban J connectivity index is 1.77. The van der Waals surface area contributed by atoms with Crippen molar-refractivity contribution in [2.45, 2.75) is 0 Å². The molecule has 2 aromatic rings. The van der Waals surface area contributed by atoms with Gasteiger partial charge in [0.05, 0.1) is 6.21 Å². The standard InChI is InChI=1S/C13H10ClIN2O3/c14-9-2-1-3-10(6-9)19-8-13(18)17-16-7-11-4-5-12(15)20-11/h1-7H,8H2,(H,17,18)/b16-7-. The molecule has 104 valence electrons. The number of hydrogen-bond donors (Lipinski definition) is 1. The van der Waals surface area contributed by atoms with Crippen LogP contribution < -0.4 is 10.2 Å². The van der Waals surface area contributed by atoms with Crippen LogP contribution in [0, 0.1) is 3.77 Å². The van der Waals surface area contributed by atoms with Gasteiger partial charge in [-0.1, -0.05) is 17.7 Å². The third kappa shape index (κ3) is 4.86. The van der Waals surface area contributed by atoms with E-state index in [1.807, 2.05) is 22.6 Å². The van der Waals surface area contributed by atoms with Crippen molar-refractivity contribution in [3.8, 4) is 5.75 Å². The van der Waals surface area contributed by atoms with Gasteiger partial charge in [0.1, 0.15) is 11.5 Å². The van der Waals surface area contributed by atoms with Gasteiger partial charge in [-0.15, -0.1) is 0 Å². The fraction of sp³-hybridized carbons (Fsp3) is 0.0769. The minimum atomic E-state index is -0.373. The van der Waals surface area contributed by atoms with Gasteiger partial charge in [-0.05, 0) is 52.9 Å². The van der Waals surface area contributed by atoms with Crippen molar-refractivity contribution in [2.24, 2.45) is 5.10 Å². The molecule has 0 unspecified atom stereocenters. The Morgan fingerprint density at radius 1 is 1.45 bits per heavy atom. The minimum Gasteiger partial charge on any atom is -0.484 e. The Morgan fingerprint density at radius 3 is 3.00 bits per heavy atom. The third-order valence-electron chi connectivity index (χ3n) is 2.14. The Hall–Kier alpha value is -1.54. The highest BCUT2D eigenvalue weighted by atomic mass is 127. The SMILES string of the molecule is O=C(COc1cccc(Cl)c1)N/N=C\c1ccc(I)o1. The van der Waals surface area contributed by atoms with Crippen molar-refractivity contribution in [1.29, 1.82) is 0 Å². The maximum absolute atomic E-state index is 11.5. The summed E-state index contributed by atoms with van der Waals surface area (Å²) >= 11 is 7.84. The minimum absolute atomic E-state index is 0.145. The Bertz CT molecular complexity index is 628. The molecule has 1 aromatic carbocycles. The lowest BCUT2D eigenvalue weighted by atomic mass is 10.3. The maximum atomic E-state index is 11.5. The molecule has 0 bridgehead atoms. The van der Waals surface area contributed by atoms with Crippen LogP contribution in [0.25, 0.3) is 0 Å². The summed E-state index contributed by atoms with van der Waals surface area (Å²) in [6, 6.07) is 10.4. The highest BCUT2D eigenvalue weighted by molar-refractivity contribution is 14.1. The molecule has 1 aromatic heterocycles. The first-order valence-corrected chi connectivity index (χ1v) is 7.05. The second-order valence-electron chi connectivity index (χ2n) is 3.68. The van der Waals surface area contributed by atoms with Crippen LogP contribution in [-0.2, 0) is 4.79 Å². The number of nitrogens with zero attached hydrogens (tertiary/aromatic N) is 1. The summed E-state index contributed by atoms with van der Waals surface area (Å²) in [6.07, 6.45) is 1.42. The molecule has 0 aliphatic heterocycles. The molecule has 0 aliphatic carbocycles. The second kappa shape index (κ2) is 7.30. The molecular formula is C13H10ClIN2O3. The van der Waals surface area contributed by atoms with Crippen LogP contribution in [0.1, 0.15) is 5.76 Å². The van der Waals surface area contributed by atoms with Crippen molar-refractivity contribution in [2.75, 3.05) is 6.61 Å². The van der Waals surface area contributed by atoms with Crippen LogP contribution in [0.3, 0.4) is 0 Å². The van der Waals surface area contributed by atoms with E-state index in [1.54, 1.807) is 36.4 Å². The molecule has 7 heteroatoms. The predicted molar refractivity (Wildman–Crippen MR) is 84.1 cm³/mol. The quantitative estimate of drug-likeness (QED) is 0.473. The first-order chi connectivity index (χ1) is 9.63. The van der Waals surface area contributed by atoms with Crippen molar-refractivity contribution in [1.82, 2.24) is 5.43 Å². The monoisotopic (exact) mass is 404 g/mol. The fourth-order valence-corrected chi connectivity index (χ4v) is 1.92. The van der Waals surface area contributed by atoms with Crippen molar-refractivity contribution >= 4 is 46.3 Å². The van der Waals surface area contributed by atoms with Gasteiger partial charge in [0.15, 0.2) is 10.4 Å². The van der Waals surface area contributed by atoms with E-state index >= 15 is 0 Å². The first kappa shape index (κ1) is 14.9. The van der Waals surface area contributed by atoms with Crippen LogP contribution in [0.15, 0.2) is 45.9 Å². The summed E-state index contributed by atoms with van der Waals surface area (Å²) < 4.78 is 11.3. The number of furan rings is 1. The van der Waals surface area contributed by atoms with Crippen LogP contribution in [-0.4, -0.2) is 18.7 Å². The van der Waals surface area contributed by atoms with E-state index in [9.17, 15) is 4.79 Å². The van der Waals surface area contributed by atoms with E-state index in [0.29, 0.717) is 16.5 Å². The number of hydrazone groups is 1. The zero-order valence-corrected chi connectivity index (χ0v) is 13.1. The molecule has 2 rings (SSSR count). The van der Waals surface area contributed by atoms with E-state index < -0.39 is 0 Å². The van der Waals surface area contributed by atoms with Crippen molar-refractivity contribution in [3.63, 3.8) is 0 Å². The summed E-state index contributed by atoms with van der Waals surface area (Å²) in [5.41, 5.74) is 2.34. The number of ether oxygens (including phenoxy) is 1. The van der Waals surface area contributed by atoms with E-state index in [-0.39, 0.29) is 12.5 Å². The van der Waals surface area contributed by atoms with E-state index in [0.717, 1.165) is 3.77 Å². The van der Waals surface area contributed by atoms with Gasteiger partial charge in [-0.2, -0.15) is 5.10 Å². The normalized spacial score (nSPS) is 10.7. The van der Waals surface area contributed by atoms with E-state index in [1.165, 1.54) is 6.21 Å². The van der Waals surface area contributed by atoms with Gasteiger partial charge in [0, 0.05) is 5.02 Å². The molecule has 1 N–H and O–H groups in total. The molecule has 5 nitrogen and oxygen atoms in total. The van der Waals surface area contributed by atoms with Crippen LogP contribution >= 0.6 is 34.2 Å². The number of rotatable bonds is 5. The number of nitrogens with one attached hydrogen (secondary N) is 1. The van der Waals surface area contributed by atoms with Crippen LogP contribution in [0.4, 0.5) is 0 Å². The van der Waals surface area contributed by atoms with Gasteiger partial charge in [0.2, 0.25) is 0 Å². The number of hydrogen-bond acceptors (Lipinski definition) is 4. The topological polar surface area (TPSA) is 63.8 Å². The summed E-state index contributed by atoms with van der Waals surface area (Å²) in [5.74, 6) is 0.713. The highest BCUT2D eigenvalue weighted by Gasteiger charge is 2.02. The molecule has 0 atom stereocenters. The molecule has 1 amide bonds. The maximum Gasteiger partial charge on any atom is 0.277 e. The lowest BCUT2D eigenvalue weighted by Crippen LogP contribution is -2.24. The summed E-state index contributed by atoms with van der Waals surface area (Å²) in [7, 11) is 0. The van der Waals surface area contributed by atoms with Gasteiger partial charge < -0.3 is 9.15 Å². The first-order valence-electron chi connectivity index (χ1n) is 5.59. The number of carbonyl (C=O) groups excluding carboxylic acids is 1. The molecule has 0 saturated heterocycles. The molecule has 0 aliphatic rings. The van der Waals surface area contributed by atoms with E-state index in [2.05, 4.69) is 10.5 Å². The molecular weight excluding hydrogens is 395 g/mol. The average molecular weight is 405 g/mol. The van der Waals surface area contributed by atoms with Crippen molar-refractivity contribution < 1.29 is 13.9 Å². The Morgan fingerprint density at radius 2 is 2.30 bits per heavy atom. The lowest BCUT2D eigenvalue weighted by molar-refractivity contribution is -0.123.